The van der Waals surface area contributed by atoms with Crippen LogP contribution >= 0.6 is 23.1 Å². The molecule has 0 saturated heterocycles. The first-order chi connectivity index (χ1) is 9.00. The predicted molar refractivity (Wildman–Crippen MR) is 78.8 cm³/mol. The average Bonchev–Trinajstić information content (AvgIpc) is 2.84. The molecule has 0 unspecified atom stereocenters. The normalized spacial score (nSPS) is 10.7. The lowest BCUT2D eigenvalue weighted by Crippen LogP contribution is -2.39. The second kappa shape index (κ2) is 8.22. The highest BCUT2D eigenvalue weighted by molar-refractivity contribution is 8.01. The number of carbonyl (C=O) groups excluding carboxylic acids is 1. The van der Waals surface area contributed by atoms with Gasteiger partial charge in [0, 0.05) is 19.0 Å². The molecule has 1 amide bonds. The van der Waals surface area contributed by atoms with E-state index in [1.165, 1.54) is 11.8 Å². The molecule has 0 fully saturated rings. The number of carboxylic acids is 1. The first kappa shape index (κ1) is 16.0. The van der Waals surface area contributed by atoms with Gasteiger partial charge in [0.1, 0.15) is 0 Å². The molecule has 1 N–H and O–H groups in total. The van der Waals surface area contributed by atoms with Crippen LogP contribution in [0.1, 0.15) is 26.7 Å². The molecule has 106 valence electrons. The number of thioether (sulfide) groups is 1. The Balaban J connectivity index is 2.41. The fraction of sp³-hybridized carbons (Fsp3) is 0.538. The topological polar surface area (TPSA) is 57.6 Å². The van der Waals surface area contributed by atoms with Crippen LogP contribution in [-0.4, -0.2) is 40.2 Å². The van der Waals surface area contributed by atoms with E-state index in [1.807, 2.05) is 31.4 Å². The summed E-state index contributed by atoms with van der Waals surface area (Å²) in [6.07, 6.45) is 0.609. The van der Waals surface area contributed by atoms with E-state index in [-0.39, 0.29) is 18.4 Å². The molecule has 0 aliphatic heterocycles. The SMILES string of the molecule is CC(C)N(CCCC(=O)O)C(=O)CSc1cccs1. The number of carbonyl (C=O) groups is 2. The smallest absolute Gasteiger partial charge is 0.303 e. The third-order valence-electron chi connectivity index (χ3n) is 2.57. The molecule has 0 atom stereocenters. The number of nitrogens with zero attached hydrogens (tertiary/aromatic N) is 1. The van der Waals surface area contributed by atoms with Crippen molar-refractivity contribution in [3.63, 3.8) is 0 Å². The standard InChI is InChI=1S/C13H19NO3S2/c1-10(2)14(7-3-5-12(16)17)11(15)9-19-13-6-4-8-18-13/h4,6,8,10H,3,5,7,9H2,1-2H3,(H,16,17). The lowest BCUT2D eigenvalue weighted by molar-refractivity contribution is -0.138. The van der Waals surface area contributed by atoms with E-state index in [0.717, 1.165) is 4.21 Å². The van der Waals surface area contributed by atoms with Gasteiger partial charge in [-0.15, -0.1) is 23.1 Å². The zero-order valence-electron chi connectivity index (χ0n) is 11.2. The van der Waals surface area contributed by atoms with E-state index < -0.39 is 5.97 Å². The minimum atomic E-state index is -0.816. The van der Waals surface area contributed by atoms with Crippen molar-refractivity contribution in [2.45, 2.75) is 36.9 Å². The Labute approximate surface area is 121 Å². The monoisotopic (exact) mass is 301 g/mol. The van der Waals surface area contributed by atoms with Gasteiger partial charge in [0.25, 0.3) is 0 Å². The van der Waals surface area contributed by atoms with Crippen LogP contribution in [0.2, 0.25) is 0 Å². The van der Waals surface area contributed by atoms with Gasteiger partial charge in [-0.2, -0.15) is 0 Å². The van der Waals surface area contributed by atoms with Gasteiger partial charge in [0.05, 0.1) is 9.96 Å². The minimum absolute atomic E-state index is 0.0683. The predicted octanol–water partition coefficient (Wildman–Crippen LogP) is 2.94. The van der Waals surface area contributed by atoms with Crippen LogP contribution in [0.5, 0.6) is 0 Å². The summed E-state index contributed by atoms with van der Waals surface area (Å²) in [5, 5.41) is 10.6. The van der Waals surface area contributed by atoms with Crippen LogP contribution < -0.4 is 0 Å². The first-order valence-corrected chi connectivity index (χ1v) is 8.04. The van der Waals surface area contributed by atoms with Crippen molar-refractivity contribution in [3.8, 4) is 0 Å². The molecule has 4 nitrogen and oxygen atoms in total. The molecule has 1 aromatic heterocycles. The number of rotatable bonds is 8. The number of aliphatic carboxylic acids is 1. The largest absolute Gasteiger partial charge is 0.481 e. The number of hydrogen-bond acceptors (Lipinski definition) is 4. The van der Waals surface area contributed by atoms with Crippen LogP contribution in [0.15, 0.2) is 21.7 Å². The Hall–Kier alpha value is -1.01. The third-order valence-corrected chi connectivity index (χ3v) is 4.68. The van der Waals surface area contributed by atoms with Crippen LogP contribution in [0.25, 0.3) is 0 Å². The second-order valence-electron chi connectivity index (χ2n) is 4.40. The summed E-state index contributed by atoms with van der Waals surface area (Å²) in [5.41, 5.74) is 0. The molecule has 6 heteroatoms. The molecule has 0 radical (unpaired) electrons. The molecule has 0 aliphatic rings. The summed E-state index contributed by atoms with van der Waals surface area (Å²) in [6.45, 7) is 4.41. The molecule has 0 aliphatic carbocycles. The van der Waals surface area contributed by atoms with Gasteiger partial charge in [-0.25, -0.2) is 0 Å². The maximum absolute atomic E-state index is 12.1. The van der Waals surface area contributed by atoms with Crippen molar-refractivity contribution < 1.29 is 14.7 Å². The third kappa shape index (κ3) is 6.11. The summed E-state index contributed by atoms with van der Waals surface area (Å²) < 4.78 is 1.13. The molecular formula is C13H19NO3S2. The molecule has 1 heterocycles. The quantitative estimate of drug-likeness (QED) is 0.750. The Morgan fingerprint density at radius 3 is 2.74 bits per heavy atom. The maximum Gasteiger partial charge on any atom is 0.303 e. The van der Waals surface area contributed by atoms with Crippen molar-refractivity contribution in [2.24, 2.45) is 0 Å². The van der Waals surface area contributed by atoms with Gasteiger partial charge in [-0.3, -0.25) is 9.59 Å². The van der Waals surface area contributed by atoms with Crippen LogP contribution in [0.3, 0.4) is 0 Å². The van der Waals surface area contributed by atoms with Gasteiger partial charge < -0.3 is 10.0 Å². The number of amides is 1. The van der Waals surface area contributed by atoms with Crippen LogP contribution in [0, 0.1) is 0 Å². The number of thiophene rings is 1. The van der Waals surface area contributed by atoms with Crippen molar-refractivity contribution >= 4 is 35.0 Å². The van der Waals surface area contributed by atoms with E-state index in [2.05, 4.69) is 0 Å². The summed E-state index contributed by atoms with van der Waals surface area (Å²) in [7, 11) is 0. The summed E-state index contributed by atoms with van der Waals surface area (Å²) >= 11 is 3.15. The maximum atomic E-state index is 12.1. The Kier molecular flexibility index (Phi) is 6.94. The highest BCUT2D eigenvalue weighted by Gasteiger charge is 2.17. The van der Waals surface area contributed by atoms with Crippen LogP contribution in [0.4, 0.5) is 0 Å². The van der Waals surface area contributed by atoms with Gasteiger partial charge in [0.15, 0.2) is 0 Å². The summed E-state index contributed by atoms with van der Waals surface area (Å²) in [4.78, 5) is 24.4. The molecule has 0 spiro atoms. The second-order valence-corrected chi connectivity index (χ2v) is 6.62. The number of hydrogen-bond donors (Lipinski definition) is 1. The van der Waals surface area contributed by atoms with Gasteiger partial charge in [0.2, 0.25) is 5.91 Å². The van der Waals surface area contributed by atoms with Crippen molar-refractivity contribution in [1.29, 1.82) is 0 Å². The Morgan fingerprint density at radius 2 is 2.21 bits per heavy atom. The Morgan fingerprint density at radius 1 is 1.47 bits per heavy atom. The minimum Gasteiger partial charge on any atom is -0.481 e. The molecule has 1 aromatic rings. The highest BCUT2D eigenvalue weighted by Crippen LogP contribution is 2.23. The fourth-order valence-electron chi connectivity index (χ4n) is 1.63. The van der Waals surface area contributed by atoms with E-state index in [9.17, 15) is 9.59 Å². The lowest BCUT2D eigenvalue weighted by Gasteiger charge is -2.26. The van der Waals surface area contributed by atoms with Gasteiger partial charge in [-0.05, 0) is 31.7 Å². The van der Waals surface area contributed by atoms with E-state index >= 15 is 0 Å². The molecular weight excluding hydrogens is 282 g/mol. The lowest BCUT2D eigenvalue weighted by atomic mass is 10.2. The van der Waals surface area contributed by atoms with Crippen molar-refractivity contribution in [2.75, 3.05) is 12.3 Å². The van der Waals surface area contributed by atoms with E-state index in [1.54, 1.807) is 16.2 Å². The van der Waals surface area contributed by atoms with E-state index in [0.29, 0.717) is 18.7 Å². The summed E-state index contributed by atoms with van der Waals surface area (Å²) in [5.74, 6) is -0.339. The number of carboxylic acid groups (broad SMARTS) is 1. The Bertz CT molecular complexity index is 404. The highest BCUT2D eigenvalue weighted by atomic mass is 32.2. The molecule has 1 rings (SSSR count). The van der Waals surface area contributed by atoms with Crippen LogP contribution in [-0.2, 0) is 9.59 Å². The first-order valence-electron chi connectivity index (χ1n) is 6.18. The van der Waals surface area contributed by atoms with Crippen molar-refractivity contribution in [1.82, 2.24) is 4.90 Å². The zero-order valence-corrected chi connectivity index (χ0v) is 12.8. The fourth-order valence-corrected chi connectivity index (χ4v) is 3.30. The van der Waals surface area contributed by atoms with Crippen molar-refractivity contribution in [3.05, 3.63) is 17.5 Å². The zero-order chi connectivity index (χ0) is 14.3. The van der Waals surface area contributed by atoms with Gasteiger partial charge >= 0.3 is 5.97 Å². The van der Waals surface area contributed by atoms with E-state index in [4.69, 9.17) is 5.11 Å². The molecule has 0 aromatic carbocycles. The molecule has 19 heavy (non-hydrogen) atoms. The molecule has 0 bridgehead atoms. The average molecular weight is 301 g/mol. The summed E-state index contributed by atoms with van der Waals surface area (Å²) in [6, 6.07) is 4.06. The molecule has 0 saturated carbocycles. The van der Waals surface area contributed by atoms with Gasteiger partial charge in [-0.1, -0.05) is 6.07 Å².